The number of benzene rings is 2. The van der Waals surface area contributed by atoms with Crippen LogP contribution < -0.4 is 5.32 Å². The van der Waals surface area contributed by atoms with Crippen LogP contribution in [-0.4, -0.2) is 19.8 Å². The van der Waals surface area contributed by atoms with Gasteiger partial charge in [0.25, 0.3) is 0 Å². The van der Waals surface area contributed by atoms with Gasteiger partial charge in [0.15, 0.2) is 0 Å². The lowest BCUT2D eigenvalue weighted by atomic mass is 10.00. The van der Waals surface area contributed by atoms with Crippen LogP contribution in [0.25, 0.3) is 0 Å². The molecule has 0 saturated heterocycles. The summed E-state index contributed by atoms with van der Waals surface area (Å²) in [6.07, 6.45) is -2.03. The van der Waals surface area contributed by atoms with Crippen LogP contribution in [-0.2, 0) is 17.3 Å². The molecule has 2 nitrogen and oxygen atoms in total. The number of halogens is 4. The Bertz CT molecular complexity index is 811. The molecule has 0 fully saturated rings. The Morgan fingerprint density at radius 1 is 1.15 bits per heavy atom. The molecule has 27 heavy (non-hydrogen) atoms. The Morgan fingerprint density at radius 3 is 2.70 bits per heavy atom. The summed E-state index contributed by atoms with van der Waals surface area (Å²) in [6, 6.07) is 8.44. The van der Waals surface area contributed by atoms with Crippen molar-refractivity contribution in [3.63, 3.8) is 0 Å². The van der Waals surface area contributed by atoms with E-state index in [2.05, 4.69) is 21.2 Å². The number of fused-ring (bicyclic) bond motifs is 2. The number of hydrogen-bond acceptors (Lipinski definition) is 3. The lowest BCUT2D eigenvalue weighted by molar-refractivity contribution is -0.137. The van der Waals surface area contributed by atoms with Crippen molar-refractivity contribution in [2.45, 2.75) is 42.2 Å². The lowest BCUT2D eigenvalue weighted by Gasteiger charge is -2.24. The monoisotopic (exact) mass is 459 g/mol. The molecule has 2 aromatic rings. The van der Waals surface area contributed by atoms with Crippen molar-refractivity contribution in [2.75, 3.05) is 25.1 Å². The highest BCUT2D eigenvalue weighted by molar-refractivity contribution is 9.10. The quantitative estimate of drug-likeness (QED) is 0.394. The molecule has 0 radical (unpaired) electrons. The first-order chi connectivity index (χ1) is 12.9. The Kier molecular flexibility index (Phi) is 6.76. The summed E-state index contributed by atoms with van der Waals surface area (Å²) in [5, 5.41) is 3.20. The van der Waals surface area contributed by atoms with Crippen LogP contribution >= 0.6 is 27.7 Å². The Balaban J connectivity index is 1.83. The third-order valence-corrected chi connectivity index (χ3v) is 5.96. The zero-order chi connectivity index (χ0) is 19.4. The van der Waals surface area contributed by atoms with E-state index in [0.717, 1.165) is 33.3 Å². The predicted molar refractivity (Wildman–Crippen MR) is 107 cm³/mol. The summed E-state index contributed by atoms with van der Waals surface area (Å²) in [7, 11) is 0. The van der Waals surface area contributed by atoms with Crippen LogP contribution in [0.2, 0.25) is 0 Å². The van der Waals surface area contributed by atoms with Gasteiger partial charge >= 0.3 is 6.18 Å². The van der Waals surface area contributed by atoms with E-state index >= 15 is 0 Å². The largest absolute Gasteiger partial charge is 0.416 e. The van der Waals surface area contributed by atoms with E-state index in [4.69, 9.17) is 4.74 Å². The molecule has 0 bridgehead atoms. The SMILES string of the molecule is CCCOCCCNc1cc(C(F)(F)F)cc2c1Cc1ccc(Br)cc1S2. The van der Waals surface area contributed by atoms with Crippen LogP contribution in [0.4, 0.5) is 18.9 Å². The Morgan fingerprint density at radius 2 is 1.96 bits per heavy atom. The van der Waals surface area contributed by atoms with E-state index in [1.54, 1.807) is 0 Å². The highest BCUT2D eigenvalue weighted by Gasteiger charge is 2.33. The molecule has 1 aliphatic rings. The first-order valence-electron chi connectivity index (χ1n) is 8.90. The van der Waals surface area contributed by atoms with E-state index in [-0.39, 0.29) is 0 Å². The summed E-state index contributed by atoms with van der Waals surface area (Å²) in [6.45, 7) is 3.94. The van der Waals surface area contributed by atoms with Gasteiger partial charge in [0.1, 0.15) is 0 Å². The molecular formula is C20H21BrF3NOS. The van der Waals surface area contributed by atoms with Crippen molar-refractivity contribution in [3.8, 4) is 0 Å². The molecule has 0 unspecified atom stereocenters. The number of hydrogen-bond donors (Lipinski definition) is 1. The fourth-order valence-corrected chi connectivity index (χ4v) is 4.66. The van der Waals surface area contributed by atoms with Gasteiger partial charge in [-0.2, -0.15) is 13.2 Å². The third kappa shape index (κ3) is 5.21. The van der Waals surface area contributed by atoms with E-state index < -0.39 is 11.7 Å². The van der Waals surface area contributed by atoms with Crippen molar-refractivity contribution in [1.82, 2.24) is 0 Å². The zero-order valence-corrected chi connectivity index (χ0v) is 17.4. The maximum Gasteiger partial charge on any atom is 0.416 e. The van der Waals surface area contributed by atoms with Gasteiger partial charge in [-0.15, -0.1) is 0 Å². The van der Waals surface area contributed by atoms with Gasteiger partial charge in [0.05, 0.1) is 5.56 Å². The Hall–Kier alpha value is -1.18. The molecule has 3 rings (SSSR count). The van der Waals surface area contributed by atoms with E-state index in [9.17, 15) is 13.2 Å². The number of ether oxygens (including phenoxy) is 1. The standard InChI is InChI=1S/C20H21BrF3NOS/c1-2-7-26-8-3-6-25-17-10-14(20(22,23)24)11-19-16(17)9-13-4-5-15(21)12-18(13)27-19/h4-5,10-12,25H,2-3,6-9H2,1H3. The smallest absolute Gasteiger partial charge is 0.385 e. The normalized spacial score (nSPS) is 13.2. The molecule has 0 aliphatic carbocycles. The molecule has 2 aromatic carbocycles. The molecule has 0 spiro atoms. The highest BCUT2D eigenvalue weighted by Crippen LogP contribution is 2.46. The third-order valence-electron chi connectivity index (χ3n) is 4.28. The molecule has 7 heteroatoms. The molecule has 0 saturated carbocycles. The minimum absolute atomic E-state index is 0.566. The van der Waals surface area contributed by atoms with E-state index in [1.165, 1.54) is 23.9 Å². The summed E-state index contributed by atoms with van der Waals surface area (Å²) < 4.78 is 46.4. The fraction of sp³-hybridized carbons (Fsp3) is 0.400. The first-order valence-corrected chi connectivity index (χ1v) is 10.5. The van der Waals surface area contributed by atoms with Crippen LogP contribution in [0.15, 0.2) is 44.6 Å². The van der Waals surface area contributed by atoms with Gasteiger partial charge in [-0.05, 0) is 48.2 Å². The van der Waals surface area contributed by atoms with Crippen molar-refractivity contribution in [1.29, 1.82) is 0 Å². The molecule has 0 amide bonds. The van der Waals surface area contributed by atoms with Gasteiger partial charge in [-0.3, -0.25) is 0 Å². The fourth-order valence-electron chi connectivity index (χ4n) is 2.96. The second-order valence-corrected chi connectivity index (χ2v) is 8.42. The van der Waals surface area contributed by atoms with Crippen LogP contribution in [0.1, 0.15) is 36.5 Å². The zero-order valence-electron chi connectivity index (χ0n) is 15.0. The number of rotatable bonds is 7. The van der Waals surface area contributed by atoms with Gasteiger partial charge < -0.3 is 10.1 Å². The maximum atomic E-state index is 13.4. The molecule has 1 heterocycles. The Labute approximate surface area is 170 Å². The first kappa shape index (κ1) is 20.6. The van der Waals surface area contributed by atoms with E-state index in [0.29, 0.717) is 36.8 Å². The van der Waals surface area contributed by atoms with Crippen LogP contribution in [0.5, 0.6) is 0 Å². The van der Waals surface area contributed by atoms with Crippen molar-refractivity contribution < 1.29 is 17.9 Å². The number of alkyl halides is 3. The topological polar surface area (TPSA) is 21.3 Å². The summed E-state index contributed by atoms with van der Waals surface area (Å²) in [5.41, 5.74) is 2.01. The van der Waals surface area contributed by atoms with Crippen molar-refractivity contribution in [2.24, 2.45) is 0 Å². The molecule has 0 aromatic heterocycles. The molecular weight excluding hydrogens is 439 g/mol. The second-order valence-electron chi connectivity index (χ2n) is 6.42. The molecule has 1 N–H and O–H groups in total. The van der Waals surface area contributed by atoms with Crippen LogP contribution in [0.3, 0.4) is 0 Å². The second kappa shape index (κ2) is 8.88. The summed E-state index contributed by atoms with van der Waals surface area (Å²) in [4.78, 5) is 1.66. The van der Waals surface area contributed by atoms with Gasteiger partial charge in [0.2, 0.25) is 0 Å². The average molecular weight is 460 g/mol. The average Bonchev–Trinajstić information content (AvgIpc) is 2.61. The number of nitrogens with one attached hydrogen (secondary N) is 1. The number of anilines is 1. The summed E-state index contributed by atoms with van der Waals surface area (Å²) >= 11 is 4.83. The summed E-state index contributed by atoms with van der Waals surface area (Å²) in [5.74, 6) is 0. The van der Waals surface area contributed by atoms with Crippen molar-refractivity contribution >= 4 is 33.4 Å². The van der Waals surface area contributed by atoms with Gasteiger partial charge in [0, 0.05) is 46.1 Å². The van der Waals surface area contributed by atoms with Crippen LogP contribution in [0, 0.1) is 0 Å². The minimum atomic E-state index is -4.37. The lowest BCUT2D eigenvalue weighted by Crippen LogP contribution is -2.13. The molecule has 1 aliphatic heterocycles. The molecule has 146 valence electrons. The van der Waals surface area contributed by atoms with E-state index in [1.807, 2.05) is 25.1 Å². The maximum absolute atomic E-state index is 13.4. The minimum Gasteiger partial charge on any atom is -0.385 e. The van der Waals surface area contributed by atoms with Gasteiger partial charge in [-0.1, -0.05) is 40.7 Å². The van der Waals surface area contributed by atoms with Gasteiger partial charge in [-0.25, -0.2) is 0 Å². The van der Waals surface area contributed by atoms with Crippen molar-refractivity contribution in [3.05, 3.63) is 51.5 Å². The molecule has 0 atom stereocenters. The highest BCUT2D eigenvalue weighted by atomic mass is 79.9. The predicted octanol–water partition coefficient (Wildman–Crippen LogP) is 6.75.